The summed E-state index contributed by atoms with van der Waals surface area (Å²) in [5, 5.41) is 4.88. The maximum atomic E-state index is 13.1. The van der Waals surface area contributed by atoms with E-state index < -0.39 is 0 Å². The molecule has 0 bridgehead atoms. The Bertz CT molecular complexity index is 825. The van der Waals surface area contributed by atoms with Crippen molar-refractivity contribution in [3.8, 4) is 0 Å². The molecule has 2 aromatic carbocycles. The van der Waals surface area contributed by atoms with Crippen LogP contribution >= 0.6 is 0 Å². The Kier molecular flexibility index (Phi) is 4.33. The summed E-state index contributed by atoms with van der Waals surface area (Å²) in [6.07, 6.45) is 4.05. The summed E-state index contributed by atoms with van der Waals surface area (Å²) < 4.78 is 13.1. The van der Waals surface area contributed by atoms with E-state index in [9.17, 15) is 9.18 Å². The monoisotopic (exact) mass is 308 g/mol. The highest BCUT2D eigenvalue weighted by atomic mass is 19.1. The van der Waals surface area contributed by atoms with Crippen molar-refractivity contribution in [3.05, 3.63) is 72.3 Å². The molecule has 1 heterocycles. The van der Waals surface area contributed by atoms with Crippen molar-refractivity contribution >= 4 is 22.4 Å². The van der Waals surface area contributed by atoms with Gasteiger partial charge in [-0.2, -0.15) is 0 Å². The smallest absolute Gasteiger partial charge is 0.231 e. The van der Waals surface area contributed by atoms with Gasteiger partial charge in [0.25, 0.3) is 0 Å². The highest BCUT2D eigenvalue weighted by Gasteiger charge is 2.19. The maximum Gasteiger partial charge on any atom is 0.231 e. The molecule has 1 amide bonds. The van der Waals surface area contributed by atoms with Crippen LogP contribution in [0.2, 0.25) is 0 Å². The number of carbonyl (C=O) groups excluding carboxylic acids is 1. The van der Waals surface area contributed by atoms with Crippen LogP contribution in [-0.2, 0) is 4.79 Å². The molecule has 1 atom stereocenters. The number of anilines is 1. The Balaban J connectivity index is 1.88. The minimum Gasteiger partial charge on any atom is -0.324 e. The summed E-state index contributed by atoms with van der Waals surface area (Å²) in [5.74, 6) is -0.742. The zero-order valence-electron chi connectivity index (χ0n) is 12.8. The van der Waals surface area contributed by atoms with Crippen LogP contribution in [0.4, 0.5) is 10.1 Å². The number of amides is 1. The molecular formula is C19H17FN2O. The molecule has 3 aromatic rings. The Hall–Kier alpha value is -2.75. The maximum absolute atomic E-state index is 13.1. The first kappa shape index (κ1) is 15.2. The van der Waals surface area contributed by atoms with Crippen LogP contribution in [0.1, 0.15) is 24.8 Å². The van der Waals surface area contributed by atoms with Gasteiger partial charge in [-0.05, 0) is 24.1 Å². The van der Waals surface area contributed by atoms with Crippen LogP contribution in [0, 0.1) is 5.82 Å². The minimum atomic E-state index is -0.324. The van der Waals surface area contributed by atoms with E-state index in [-0.39, 0.29) is 17.6 Å². The molecule has 0 aliphatic carbocycles. The highest BCUT2D eigenvalue weighted by Crippen LogP contribution is 2.25. The summed E-state index contributed by atoms with van der Waals surface area (Å²) in [4.78, 5) is 16.8. The van der Waals surface area contributed by atoms with E-state index in [0.717, 1.165) is 16.3 Å². The first-order valence-corrected chi connectivity index (χ1v) is 7.58. The van der Waals surface area contributed by atoms with Crippen molar-refractivity contribution in [2.75, 3.05) is 5.32 Å². The van der Waals surface area contributed by atoms with Crippen LogP contribution in [0.3, 0.4) is 0 Å². The van der Waals surface area contributed by atoms with Gasteiger partial charge < -0.3 is 5.32 Å². The van der Waals surface area contributed by atoms with Gasteiger partial charge in [0.15, 0.2) is 0 Å². The van der Waals surface area contributed by atoms with Crippen LogP contribution in [0.25, 0.3) is 10.8 Å². The summed E-state index contributed by atoms with van der Waals surface area (Å²) >= 11 is 0. The summed E-state index contributed by atoms with van der Waals surface area (Å²) in [7, 11) is 0. The number of halogens is 1. The fraction of sp³-hybridized carbons (Fsp3) is 0.158. The second-order valence-electron chi connectivity index (χ2n) is 5.41. The Morgan fingerprint density at radius 2 is 1.87 bits per heavy atom. The summed E-state index contributed by atoms with van der Waals surface area (Å²) in [5.41, 5.74) is 1.49. The van der Waals surface area contributed by atoms with Crippen molar-refractivity contribution in [1.29, 1.82) is 0 Å². The molecule has 0 spiro atoms. The molecule has 23 heavy (non-hydrogen) atoms. The molecule has 4 heteroatoms. The fourth-order valence-electron chi connectivity index (χ4n) is 2.70. The lowest BCUT2D eigenvalue weighted by Crippen LogP contribution is -2.21. The Morgan fingerprint density at radius 1 is 1.13 bits per heavy atom. The van der Waals surface area contributed by atoms with Gasteiger partial charge >= 0.3 is 0 Å². The third kappa shape index (κ3) is 3.21. The zero-order valence-corrected chi connectivity index (χ0v) is 12.8. The molecule has 116 valence electrons. The van der Waals surface area contributed by atoms with Crippen LogP contribution in [0.5, 0.6) is 0 Å². The number of fused-ring (bicyclic) bond motifs is 1. The van der Waals surface area contributed by atoms with E-state index in [4.69, 9.17) is 0 Å². The number of nitrogens with one attached hydrogen (secondary N) is 1. The second-order valence-corrected chi connectivity index (χ2v) is 5.41. The molecule has 3 rings (SSSR count). The van der Waals surface area contributed by atoms with Crippen molar-refractivity contribution in [1.82, 2.24) is 4.98 Å². The molecule has 0 fully saturated rings. The van der Waals surface area contributed by atoms with Crippen LogP contribution < -0.4 is 5.32 Å². The minimum absolute atomic E-state index is 0.114. The number of pyridine rings is 1. The predicted molar refractivity (Wildman–Crippen MR) is 89.8 cm³/mol. The number of carbonyl (C=O) groups is 1. The van der Waals surface area contributed by atoms with Crippen molar-refractivity contribution in [3.63, 3.8) is 0 Å². The van der Waals surface area contributed by atoms with Crippen molar-refractivity contribution in [2.45, 2.75) is 19.3 Å². The third-order valence-electron chi connectivity index (χ3n) is 3.92. The number of aromatic nitrogens is 1. The van der Waals surface area contributed by atoms with Gasteiger partial charge in [-0.15, -0.1) is 0 Å². The first-order valence-electron chi connectivity index (χ1n) is 7.58. The first-order chi connectivity index (χ1) is 11.2. The van der Waals surface area contributed by atoms with Gasteiger partial charge in [-0.25, -0.2) is 4.39 Å². The van der Waals surface area contributed by atoms with E-state index in [0.29, 0.717) is 12.1 Å². The molecule has 0 saturated heterocycles. The van der Waals surface area contributed by atoms with Gasteiger partial charge in [0.1, 0.15) is 5.82 Å². The largest absolute Gasteiger partial charge is 0.324 e. The molecule has 0 radical (unpaired) electrons. The number of hydrogen-bond acceptors (Lipinski definition) is 2. The average Bonchev–Trinajstić information content (AvgIpc) is 2.57. The lowest BCUT2D eigenvalue weighted by Gasteiger charge is -2.16. The van der Waals surface area contributed by atoms with E-state index in [1.807, 2.05) is 31.2 Å². The SMILES string of the molecule is CCC(C(=O)Nc1cncc2ccccc12)c1ccc(F)cc1. The van der Waals surface area contributed by atoms with Gasteiger partial charge in [0.05, 0.1) is 17.8 Å². The quantitative estimate of drug-likeness (QED) is 0.770. The number of nitrogens with zero attached hydrogens (tertiary/aromatic N) is 1. The van der Waals surface area contributed by atoms with Gasteiger partial charge in [-0.3, -0.25) is 9.78 Å². The Morgan fingerprint density at radius 3 is 2.61 bits per heavy atom. The third-order valence-corrected chi connectivity index (χ3v) is 3.92. The van der Waals surface area contributed by atoms with E-state index in [2.05, 4.69) is 10.3 Å². The van der Waals surface area contributed by atoms with Gasteiger partial charge in [0, 0.05) is 17.0 Å². The van der Waals surface area contributed by atoms with E-state index >= 15 is 0 Å². The molecule has 1 N–H and O–H groups in total. The molecular weight excluding hydrogens is 291 g/mol. The van der Waals surface area contributed by atoms with Crippen molar-refractivity contribution in [2.24, 2.45) is 0 Å². The van der Waals surface area contributed by atoms with E-state index in [1.165, 1.54) is 12.1 Å². The molecule has 1 unspecified atom stereocenters. The number of benzene rings is 2. The standard InChI is InChI=1S/C19H17FN2O/c1-2-16(13-7-9-15(20)10-8-13)19(23)22-18-12-21-11-14-5-3-4-6-17(14)18/h3-12,16H,2H2,1H3,(H,22,23). The predicted octanol–water partition coefficient (Wildman–Crippen LogP) is 4.51. The summed E-state index contributed by atoms with van der Waals surface area (Å²) in [6.45, 7) is 1.94. The average molecular weight is 308 g/mol. The molecule has 3 nitrogen and oxygen atoms in total. The van der Waals surface area contributed by atoms with Crippen LogP contribution in [0.15, 0.2) is 60.9 Å². The van der Waals surface area contributed by atoms with E-state index in [1.54, 1.807) is 24.5 Å². The normalized spacial score (nSPS) is 12.1. The van der Waals surface area contributed by atoms with Crippen molar-refractivity contribution < 1.29 is 9.18 Å². The number of rotatable bonds is 4. The molecule has 0 aliphatic rings. The molecule has 0 aliphatic heterocycles. The van der Waals surface area contributed by atoms with Crippen LogP contribution in [-0.4, -0.2) is 10.9 Å². The van der Waals surface area contributed by atoms with Gasteiger partial charge in [-0.1, -0.05) is 43.3 Å². The number of hydrogen-bond donors (Lipinski definition) is 1. The lowest BCUT2D eigenvalue weighted by molar-refractivity contribution is -0.117. The fourth-order valence-corrected chi connectivity index (χ4v) is 2.70. The molecule has 1 aromatic heterocycles. The van der Waals surface area contributed by atoms with Gasteiger partial charge in [0.2, 0.25) is 5.91 Å². The lowest BCUT2D eigenvalue weighted by atomic mass is 9.95. The molecule has 0 saturated carbocycles. The highest BCUT2D eigenvalue weighted by molar-refractivity contribution is 6.03. The Labute approximate surface area is 134 Å². The second kappa shape index (κ2) is 6.57. The topological polar surface area (TPSA) is 42.0 Å². The summed E-state index contributed by atoms with van der Waals surface area (Å²) in [6, 6.07) is 13.8. The zero-order chi connectivity index (χ0) is 16.2.